The van der Waals surface area contributed by atoms with Crippen molar-refractivity contribution in [2.24, 2.45) is 5.73 Å². The van der Waals surface area contributed by atoms with E-state index in [9.17, 15) is 29.4 Å². The van der Waals surface area contributed by atoms with Gasteiger partial charge in [-0.05, 0) is 35.8 Å². The quantitative estimate of drug-likeness (QED) is 0.173. The van der Waals surface area contributed by atoms with E-state index in [2.05, 4.69) is 5.32 Å². The van der Waals surface area contributed by atoms with Gasteiger partial charge in [0.25, 0.3) is 5.91 Å². The molecular weight excluding hydrogens is 510 g/mol. The van der Waals surface area contributed by atoms with Gasteiger partial charge < -0.3 is 26.2 Å². The van der Waals surface area contributed by atoms with Gasteiger partial charge >= 0.3 is 5.97 Å². The fraction of sp³-hybridized carbons (Fsp3) is 0.269. The second kappa shape index (κ2) is 10.3. The van der Waals surface area contributed by atoms with Crippen molar-refractivity contribution in [3.05, 3.63) is 77.3 Å². The number of phenolic OH excluding ortho intramolecular Hbond substituents is 1. The van der Waals surface area contributed by atoms with Crippen molar-refractivity contribution in [1.29, 1.82) is 0 Å². The molecule has 11 nitrogen and oxygen atoms in total. The molecule has 5 rings (SSSR count). The highest BCUT2D eigenvalue weighted by Crippen LogP contribution is 2.40. The van der Waals surface area contributed by atoms with Crippen molar-refractivity contribution in [3.8, 4) is 5.75 Å². The molecule has 12 heteroatoms. The third-order valence-electron chi connectivity index (χ3n) is 6.64. The summed E-state index contributed by atoms with van der Waals surface area (Å²) < 4.78 is 1.69. The van der Waals surface area contributed by atoms with Crippen LogP contribution in [0.3, 0.4) is 0 Å². The van der Waals surface area contributed by atoms with Gasteiger partial charge in [-0.2, -0.15) is 4.57 Å². The van der Waals surface area contributed by atoms with Gasteiger partial charge in [-0.15, -0.1) is 11.8 Å². The Bertz CT molecular complexity index is 1390. The van der Waals surface area contributed by atoms with Gasteiger partial charge in [-0.1, -0.05) is 12.1 Å². The highest BCUT2D eigenvalue weighted by Gasteiger charge is 2.51. The van der Waals surface area contributed by atoms with Crippen LogP contribution in [-0.4, -0.2) is 67.4 Å². The van der Waals surface area contributed by atoms with Crippen LogP contribution >= 0.6 is 11.8 Å². The lowest BCUT2D eigenvalue weighted by atomic mass is 10.0. The molecule has 0 saturated carbocycles. The van der Waals surface area contributed by atoms with Crippen LogP contribution in [-0.2, 0) is 32.3 Å². The average Bonchev–Trinajstić information content (AvgIpc) is 3.24. The van der Waals surface area contributed by atoms with Gasteiger partial charge in [0.15, 0.2) is 12.4 Å². The Morgan fingerprint density at radius 2 is 1.92 bits per heavy atom. The molecule has 1 aromatic carbocycles. The molecule has 0 aliphatic carbocycles. The zero-order valence-corrected chi connectivity index (χ0v) is 21.1. The number of carbonyl (C=O) groups is 4. The molecule has 5 N–H and O–H groups in total. The van der Waals surface area contributed by atoms with Crippen molar-refractivity contribution in [2.75, 3.05) is 17.6 Å². The first-order valence-electron chi connectivity index (χ1n) is 12.0. The number of allylic oxidation sites excluding steroid dienone is 1. The molecular formula is C26H26N5O6S+. The molecule has 2 fully saturated rings. The number of amides is 3. The number of hydrogen-bond acceptors (Lipinski definition) is 7. The minimum atomic E-state index is -1.21. The number of nitrogens with zero attached hydrogens (tertiary/aromatic N) is 3. The number of nitrogens with two attached hydrogens (primary N) is 1. The van der Waals surface area contributed by atoms with Crippen molar-refractivity contribution >= 4 is 41.1 Å². The van der Waals surface area contributed by atoms with E-state index in [-0.39, 0.29) is 35.2 Å². The Morgan fingerprint density at radius 3 is 2.63 bits per heavy atom. The number of thioether (sulfide) groups is 1. The predicted octanol–water partition coefficient (Wildman–Crippen LogP) is 0.558. The van der Waals surface area contributed by atoms with Gasteiger partial charge in [0.05, 0.1) is 5.69 Å². The molecule has 0 spiro atoms. The van der Waals surface area contributed by atoms with E-state index >= 15 is 0 Å². The van der Waals surface area contributed by atoms with Crippen molar-refractivity contribution in [3.63, 3.8) is 0 Å². The summed E-state index contributed by atoms with van der Waals surface area (Å²) in [6.07, 6.45) is 5.56. The highest BCUT2D eigenvalue weighted by molar-refractivity contribution is 8.00. The van der Waals surface area contributed by atoms with Crippen LogP contribution in [0.4, 0.5) is 5.69 Å². The Hall–Kier alpha value is -4.16. The molecule has 0 bridgehead atoms. The van der Waals surface area contributed by atoms with Crippen LogP contribution in [0.5, 0.6) is 5.75 Å². The number of carbonyl (C=O) groups excluding carboxylic acids is 3. The maximum atomic E-state index is 13.1. The van der Waals surface area contributed by atoms with E-state index in [0.717, 1.165) is 5.56 Å². The van der Waals surface area contributed by atoms with E-state index in [1.165, 1.54) is 22.7 Å². The van der Waals surface area contributed by atoms with Gasteiger partial charge in [0, 0.05) is 36.5 Å². The first-order chi connectivity index (χ1) is 18.2. The zero-order valence-electron chi connectivity index (χ0n) is 20.2. The van der Waals surface area contributed by atoms with E-state index in [1.54, 1.807) is 46.1 Å². The lowest BCUT2D eigenvalue weighted by Crippen LogP contribution is -2.68. The lowest BCUT2D eigenvalue weighted by Gasteiger charge is -2.47. The zero-order chi connectivity index (χ0) is 27.0. The number of rotatable bonds is 7. The minimum absolute atomic E-state index is 0.00922. The van der Waals surface area contributed by atoms with Crippen molar-refractivity contribution in [1.82, 2.24) is 9.80 Å². The predicted molar refractivity (Wildman–Crippen MR) is 137 cm³/mol. The molecule has 3 aliphatic rings. The molecule has 2 atom stereocenters. The number of fused-ring (bicyclic) bond motifs is 1. The summed E-state index contributed by atoms with van der Waals surface area (Å²) in [5.74, 6) is -1.76. The average molecular weight is 537 g/mol. The van der Waals surface area contributed by atoms with Crippen LogP contribution in [0.15, 0.2) is 71.7 Å². The van der Waals surface area contributed by atoms with Gasteiger partial charge in [-0.3, -0.25) is 19.3 Å². The van der Waals surface area contributed by atoms with Crippen molar-refractivity contribution < 1.29 is 34.0 Å². The summed E-state index contributed by atoms with van der Waals surface area (Å²) >= 11 is 1.39. The number of aliphatic carboxylic acids is 1. The Balaban J connectivity index is 1.22. The SMILES string of the molecule is N[C@@H]1C(=O)N2C(C(=O)O)=C(/C=C3\CCN(Cc4cc[n+](CC(=O)Nc5ccccc5O)cc4)C3=O)CS[C@H]12. The van der Waals surface area contributed by atoms with Gasteiger partial charge in [-0.25, -0.2) is 4.79 Å². The summed E-state index contributed by atoms with van der Waals surface area (Å²) in [6, 6.07) is 9.43. The largest absolute Gasteiger partial charge is 0.506 e. The summed E-state index contributed by atoms with van der Waals surface area (Å²) in [5, 5.41) is 21.8. The second-order valence-electron chi connectivity index (χ2n) is 9.20. The standard InChI is InChI=1S/C26H25N5O6S/c27-21-24(35)31-22(26(36)37)17(14-38-25(21)31)11-16-7-10-30(23(16)34)12-15-5-8-29(9-6-15)13-20(33)28-18-3-1-2-4-19(18)32/h1-6,8-9,11,21,25H,7,10,12-14,27H2,(H2-,28,32,33,36,37)/p+1/b16-11+/t21-,25-/m1/s1. The van der Waals surface area contributed by atoms with E-state index < -0.39 is 17.9 Å². The molecule has 1 aromatic heterocycles. The fourth-order valence-electron chi connectivity index (χ4n) is 4.67. The Kier molecular flexibility index (Phi) is 6.91. The smallest absolute Gasteiger partial charge is 0.352 e. The number of pyridine rings is 1. The second-order valence-corrected chi connectivity index (χ2v) is 10.3. The van der Waals surface area contributed by atoms with Crippen molar-refractivity contribution in [2.45, 2.75) is 30.9 Å². The normalized spacial score (nSPS) is 22.0. The van der Waals surface area contributed by atoms with Crippen LogP contribution in [0.1, 0.15) is 12.0 Å². The number of carboxylic acid groups (broad SMARTS) is 1. The fourth-order valence-corrected chi connectivity index (χ4v) is 5.92. The van der Waals surface area contributed by atoms with Crippen LogP contribution < -0.4 is 15.6 Å². The maximum absolute atomic E-state index is 13.1. The lowest BCUT2D eigenvalue weighted by molar-refractivity contribution is -0.684. The molecule has 0 unspecified atom stereocenters. The van der Waals surface area contributed by atoms with Crippen LogP contribution in [0.25, 0.3) is 0 Å². The molecule has 3 amide bonds. The third kappa shape index (κ3) is 4.87. The Labute approximate surface area is 222 Å². The first-order valence-corrected chi connectivity index (χ1v) is 13.0. The minimum Gasteiger partial charge on any atom is -0.506 e. The number of aromatic nitrogens is 1. The molecule has 0 radical (unpaired) electrons. The number of nitrogens with one attached hydrogen (secondary N) is 1. The number of hydrogen-bond donors (Lipinski definition) is 4. The number of likely N-dealkylation sites (tertiary alicyclic amines) is 1. The van der Waals surface area contributed by atoms with Gasteiger partial charge in [0.2, 0.25) is 18.4 Å². The molecule has 2 aromatic rings. The number of aromatic hydroxyl groups is 1. The number of para-hydroxylation sites is 2. The number of phenols is 1. The monoisotopic (exact) mass is 536 g/mol. The summed E-state index contributed by atoms with van der Waals surface area (Å²) in [4.78, 5) is 52.3. The molecule has 38 heavy (non-hydrogen) atoms. The first kappa shape index (κ1) is 25.5. The summed E-state index contributed by atoms with van der Waals surface area (Å²) in [6.45, 7) is 0.901. The Morgan fingerprint density at radius 1 is 1.18 bits per heavy atom. The highest BCUT2D eigenvalue weighted by atomic mass is 32.2. The van der Waals surface area contributed by atoms with Gasteiger partial charge in [0.1, 0.15) is 22.9 Å². The molecule has 2 saturated heterocycles. The molecule has 4 heterocycles. The number of β-lactam (4-membered cyclic amide) rings is 1. The topological polar surface area (TPSA) is 157 Å². The summed E-state index contributed by atoms with van der Waals surface area (Å²) in [7, 11) is 0. The molecule has 196 valence electrons. The molecule has 3 aliphatic heterocycles. The van der Waals surface area contributed by atoms with Crippen LogP contribution in [0.2, 0.25) is 0 Å². The van der Waals surface area contributed by atoms with E-state index in [0.29, 0.717) is 42.1 Å². The summed E-state index contributed by atoms with van der Waals surface area (Å²) in [5.41, 5.74) is 7.85. The maximum Gasteiger partial charge on any atom is 0.352 e. The number of carboxylic acids is 1. The van der Waals surface area contributed by atoms with E-state index in [1.807, 2.05) is 12.1 Å². The van der Waals surface area contributed by atoms with Crippen LogP contribution in [0, 0.1) is 0 Å². The number of benzene rings is 1. The number of anilines is 1. The third-order valence-corrected chi connectivity index (χ3v) is 7.96. The van der Waals surface area contributed by atoms with E-state index in [4.69, 9.17) is 5.73 Å².